The Kier molecular flexibility index (Phi) is 23.5. The second-order valence-corrected chi connectivity index (χ2v) is 36.1. The van der Waals surface area contributed by atoms with Crippen LogP contribution in [0.4, 0.5) is 0 Å². The van der Waals surface area contributed by atoms with E-state index in [9.17, 15) is 24.0 Å². The van der Waals surface area contributed by atoms with Crippen LogP contribution in [0.5, 0.6) is 0 Å². The lowest BCUT2D eigenvalue weighted by molar-refractivity contribution is 0.240. The van der Waals surface area contributed by atoms with Gasteiger partial charge in [0.05, 0.1) is 54.5 Å². The van der Waals surface area contributed by atoms with E-state index in [0.29, 0.717) is 161 Å². The number of pyridine rings is 5. The van der Waals surface area contributed by atoms with Crippen molar-refractivity contribution in [2.24, 2.45) is 16.7 Å². The zero-order valence-corrected chi connectivity index (χ0v) is 75.5. The van der Waals surface area contributed by atoms with Crippen molar-refractivity contribution in [3.05, 3.63) is 294 Å². The fourth-order valence-electron chi connectivity index (χ4n) is 17.7. The number of hydrogen-bond donors (Lipinski definition) is 0. The first kappa shape index (κ1) is 86.9. The van der Waals surface area contributed by atoms with Crippen molar-refractivity contribution in [2.75, 3.05) is 0 Å². The summed E-state index contributed by atoms with van der Waals surface area (Å²) in [5, 5.41) is 44.1. The van der Waals surface area contributed by atoms with Crippen molar-refractivity contribution in [3.63, 3.8) is 0 Å². The minimum atomic E-state index is 0.0130. The Hall–Kier alpha value is -16.8. The molecule has 0 saturated carbocycles. The lowest BCUT2D eigenvalue weighted by atomic mass is 9.85. The first-order valence-electron chi connectivity index (χ1n) is 45.7. The summed E-state index contributed by atoms with van der Waals surface area (Å²) in [5.41, 5.74) is 10.4. The van der Waals surface area contributed by atoms with E-state index in [2.05, 4.69) is 116 Å². The first-order chi connectivity index (χ1) is 66.8. The van der Waals surface area contributed by atoms with Gasteiger partial charge in [0.15, 0.2) is 0 Å². The van der Waals surface area contributed by atoms with Crippen LogP contribution in [0.25, 0.3) is 170 Å². The molecule has 5 aromatic carbocycles. The molecule has 5 aliphatic heterocycles. The van der Waals surface area contributed by atoms with Gasteiger partial charge in [0.25, 0.3) is 57.2 Å². The summed E-state index contributed by atoms with van der Waals surface area (Å²) in [6.07, 6.45) is 21.9. The molecule has 1 unspecified atom stereocenters. The number of aromatic nitrogens is 25. The van der Waals surface area contributed by atoms with Crippen molar-refractivity contribution in [3.8, 4) is 115 Å². The third-order valence-electron chi connectivity index (χ3n) is 25.2. The van der Waals surface area contributed by atoms with Crippen molar-refractivity contribution >= 4 is 54.5 Å². The Morgan fingerprint density at radius 2 is 0.526 bits per heavy atom. The largest absolute Gasteiger partial charge is 0.415 e. The van der Waals surface area contributed by atoms with Gasteiger partial charge in [0.2, 0.25) is 29.5 Å². The Morgan fingerprint density at radius 3 is 0.818 bits per heavy atom. The molecule has 1 atom stereocenters. The van der Waals surface area contributed by atoms with Crippen LogP contribution in [-0.4, -0.2) is 124 Å². The quantitative estimate of drug-likeness (QED) is 0.123. The van der Waals surface area contributed by atoms with Crippen LogP contribution < -0.4 is 27.8 Å². The molecule has 0 saturated heterocycles. The van der Waals surface area contributed by atoms with E-state index < -0.39 is 0 Å². The van der Waals surface area contributed by atoms with Gasteiger partial charge in [-0.15, -0.1) is 51.0 Å². The standard InChI is InChI=1S/3C21H19N5O2.C20H17N5O2.C19H15N5O2/c2*1-21(2)9-8-17-23-16-11-13(6-7-14(16)20(27)26(17)12-21)18-24-25-19(28-18)15-5-3-4-10-22-15;1-13-5-8-18-23-17-12-14(6-7-15(17)21(27)26(18)11-9-13)19-24-25-20(28-19)16-4-2-3-10-22-16;26-20-14-9-8-13(12-16(14)22-17-7-2-1-5-11-25(17)20)18-23-24-19(27-18)15-6-3-4-10-21-15;25-19-13-8-7-12(11-15(13)21-16-6-2-4-10-24(16)19)17-22-23-18(26-17)14-5-1-3-9-20-14/h2*3-7,10-11H,8-9,12H2,1-2H3;2-4,6-7,10,12-13H,5,8-9,11H2,1H3;3-4,6,8-10,12H,1-2,5,7,11H2;1,3,5,7-9,11H,2,4,6,10H2. The molecule has 682 valence electrons. The maximum absolute atomic E-state index is 13.0. The summed E-state index contributed by atoms with van der Waals surface area (Å²) in [6, 6.07) is 54.8. The second-order valence-electron chi connectivity index (χ2n) is 36.1. The van der Waals surface area contributed by atoms with E-state index in [1.54, 1.807) is 65.9 Å². The lowest BCUT2D eigenvalue weighted by Crippen LogP contribution is -2.36. The average molecular weight is 1820 g/mol. The zero-order valence-electron chi connectivity index (χ0n) is 75.5. The zero-order chi connectivity index (χ0) is 93.4. The van der Waals surface area contributed by atoms with Crippen molar-refractivity contribution in [2.45, 2.75) is 157 Å². The minimum Gasteiger partial charge on any atom is -0.415 e. The fraction of sp³-hybridized carbons (Fsp3) is 0.265. The number of rotatable bonds is 10. The molecule has 35 nitrogen and oxygen atoms in total. The molecule has 35 heteroatoms. The Labute approximate surface area is 779 Å². The van der Waals surface area contributed by atoms with Gasteiger partial charge >= 0.3 is 0 Å². The van der Waals surface area contributed by atoms with Crippen molar-refractivity contribution in [1.82, 2.24) is 124 Å². The first-order valence-corrected chi connectivity index (χ1v) is 45.7. The van der Waals surface area contributed by atoms with Gasteiger partial charge in [0, 0.05) is 124 Å². The van der Waals surface area contributed by atoms with E-state index >= 15 is 0 Å². The predicted molar refractivity (Wildman–Crippen MR) is 509 cm³/mol. The molecule has 0 radical (unpaired) electrons. The van der Waals surface area contributed by atoms with Gasteiger partial charge in [0.1, 0.15) is 57.6 Å². The Morgan fingerprint density at radius 1 is 0.270 bits per heavy atom. The average Bonchev–Trinajstić information content (AvgIpc) is 1.72. The second kappa shape index (κ2) is 37.0. The Balaban J connectivity index is 0.000000102. The molecule has 20 aromatic rings. The summed E-state index contributed by atoms with van der Waals surface area (Å²) in [7, 11) is 0. The summed E-state index contributed by atoms with van der Waals surface area (Å²) in [4.78, 5) is 109. The highest BCUT2D eigenvalue weighted by molar-refractivity contribution is 5.87. The molecule has 0 bridgehead atoms. The Bertz CT molecular complexity index is 8080. The predicted octanol–water partition coefficient (Wildman–Crippen LogP) is 16.5. The highest BCUT2D eigenvalue weighted by Gasteiger charge is 2.31. The molecule has 0 amide bonds. The van der Waals surface area contributed by atoms with Gasteiger partial charge < -0.3 is 22.1 Å². The third-order valence-corrected chi connectivity index (χ3v) is 25.2. The normalized spacial score (nSPS) is 15.1. The van der Waals surface area contributed by atoms with E-state index in [0.717, 1.165) is 166 Å². The molecule has 25 rings (SSSR count). The van der Waals surface area contributed by atoms with Crippen LogP contribution in [0.3, 0.4) is 0 Å². The van der Waals surface area contributed by atoms with Gasteiger partial charge in [-0.2, -0.15) is 0 Å². The van der Waals surface area contributed by atoms with Gasteiger partial charge in [-0.3, -0.25) is 71.7 Å². The molecule has 137 heavy (non-hydrogen) atoms. The lowest BCUT2D eigenvalue weighted by Gasteiger charge is -2.31. The molecule has 0 spiro atoms. The minimum absolute atomic E-state index is 0.0130. The molecule has 0 aliphatic carbocycles. The van der Waals surface area contributed by atoms with Crippen LogP contribution in [0, 0.1) is 16.7 Å². The SMILES string of the molecule is CC1(C)CCc2nc3cc(-c4nnc(-c5ccccn5)o4)ccc3c(=O)n2C1.CC1(C)CCc2nc3cc(-c4nnc(-c5ccccn5)o4)ccc3c(=O)n2C1.CC1CCc2nc3cc(-c4nnc(-c5ccccn5)o4)ccc3c(=O)n2CC1.O=c1c2ccc(-c3nnc(-c4ccccn4)o3)cc2nc2n1CCCC2.O=c1c2ccc(-c3nnc(-c4ccccn4)o3)cc2nc2n1CCCCC2. The maximum atomic E-state index is 13.0. The van der Waals surface area contributed by atoms with Crippen LogP contribution in [0.15, 0.2) is 259 Å². The van der Waals surface area contributed by atoms with E-state index in [-0.39, 0.29) is 38.6 Å². The van der Waals surface area contributed by atoms with E-state index in [4.69, 9.17) is 42.0 Å². The van der Waals surface area contributed by atoms with Crippen LogP contribution >= 0.6 is 0 Å². The molecular weight excluding hydrogens is 1740 g/mol. The molecule has 0 fully saturated rings. The topological polar surface area (TPSA) is 433 Å². The molecule has 15 aromatic heterocycles. The van der Waals surface area contributed by atoms with Gasteiger partial charge in [-0.1, -0.05) is 71.4 Å². The van der Waals surface area contributed by atoms with Crippen molar-refractivity contribution < 1.29 is 22.1 Å². The van der Waals surface area contributed by atoms with Gasteiger partial charge in [-0.25, -0.2) is 24.9 Å². The highest BCUT2D eigenvalue weighted by Crippen LogP contribution is 2.36. The van der Waals surface area contributed by atoms with Crippen LogP contribution in [-0.2, 0) is 64.8 Å². The summed E-state index contributed by atoms with van der Waals surface area (Å²) in [5.74, 6) is 8.56. The van der Waals surface area contributed by atoms with Crippen LogP contribution in [0.2, 0.25) is 0 Å². The summed E-state index contributed by atoms with van der Waals surface area (Å²) in [6.45, 7) is 14.6. The molecule has 0 N–H and O–H groups in total. The smallest absolute Gasteiger partial charge is 0.266 e. The third kappa shape index (κ3) is 18.2. The maximum Gasteiger partial charge on any atom is 0.266 e. The van der Waals surface area contributed by atoms with Crippen molar-refractivity contribution in [1.29, 1.82) is 0 Å². The summed E-state index contributed by atoms with van der Waals surface area (Å²) < 4.78 is 37.9. The van der Waals surface area contributed by atoms with Crippen LogP contribution in [0.1, 0.15) is 122 Å². The van der Waals surface area contributed by atoms with E-state index in [1.807, 2.05) is 170 Å². The van der Waals surface area contributed by atoms with Gasteiger partial charge in [-0.05, 0) is 220 Å². The van der Waals surface area contributed by atoms with E-state index in [1.165, 1.54) is 0 Å². The summed E-state index contributed by atoms with van der Waals surface area (Å²) >= 11 is 0. The number of hydrogen-bond acceptors (Lipinski definition) is 30. The number of nitrogens with zero attached hydrogens (tertiary/aromatic N) is 25. The molecule has 5 aliphatic rings. The molecule has 20 heterocycles. The fourth-order valence-corrected chi connectivity index (χ4v) is 17.7. The number of benzene rings is 5. The highest BCUT2D eigenvalue weighted by atomic mass is 16.4. The number of aryl methyl sites for hydroxylation is 5. The molecular formula is C102H89N25O10. The number of fused-ring (bicyclic) bond motifs is 10. The monoisotopic (exact) mass is 1820 g/mol.